The first-order valence-electron chi connectivity index (χ1n) is 9.68. The highest BCUT2D eigenvalue weighted by Crippen LogP contribution is 2.24. The van der Waals surface area contributed by atoms with Crippen LogP contribution in [0.5, 0.6) is 0 Å². The van der Waals surface area contributed by atoms with E-state index in [9.17, 15) is 9.59 Å². The molecule has 0 atom stereocenters. The second-order valence-electron chi connectivity index (χ2n) is 7.09. The van der Waals surface area contributed by atoms with E-state index in [4.69, 9.17) is 0 Å². The molecule has 1 aromatic heterocycles. The molecule has 1 aliphatic heterocycles. The van der Waals surface area contributed by atoms with Gasteiger partial charge < -0.3 is 10.2 Å². The number of hydrogen-bond donors (Lipinski definition) is 1. The lowest BCUT2D eigenvalue weighted by Gasteiger charge is -2.20. The summed E-state index contributed by atoms with van der Waals surface area (Å²) >= 11 is 1.57. The van der Waals surface area contributed by atoms with Gasteiger partial charge in [-0.1, -0.05) is 30.2 Å². The molecule has 1 aromatic carbocycles. The van der Waals surface area contributed by atoms with Crippen molar-refractivity contribution in [2.45, 2.75) is 45.4 Å². The monoisotopic (exact) mass is 385 g/mol. The largest absolute Gasteiger partial charge is 0.356 e. The topological polar surface area (TPSA) is 62.3 Å². The Bertz CT molecular complexity index is 787. The molecule has 0 aliphatic carbocycles. The third kappa shape index (κ3) is 5.89. The van der Waals surface area contributed by atoms with Gasteiger partial charge in [-0.3, -0.25) is 9.59 Å². The number of aryl methyl sites for hydroxylation is 1. The van der Waals surface area contributed by atoms with Crippen LogP contribution in [-0.2, 0) is 16.0 Å². The van der Waals surface area contributed by atoms with Gasteiger partial charge in [0, 0.05) is 37.0 Å². The molecule has 0 saturated carbocycles. The van der Waals surface area contributed by atoms with E-state index in [0.717, 1.165) is 55.0 Å². The maximum absolute atomic E-state index is 12.2. The van der Waals surface area contributed by atoms with Crippen LogP contribution in [0.1, 0.15) is 43.4 Å². The molecule has 0 bridgehead atoms. The summed E-state index contributed by atoms with van der Waals surface area (Å²) in [7, 11) is 0. The van der Waals surface area contributed by atoms with Crippen LogP contribution in [0.4, 0.5) is 0 Å². The molecule has 2 amide bonds. The van der Waals surface area contributed by atoms with E-state index < -0.39 is 0 Å². The molecule has 27 heavy (non-hydrogen) atoms. The van der Waals surface area contributed by atoms with E-state index in [0.29, 0.717) is 19.4 Å². The zero-order valence-electron chi connectivity index (χ0n) is 15.9. The molecule has 2 heterocycles. The van der Waals surface area contributed by atoms with Gasteiger partial charge in [-0.2, -0.15) is 0 Å². The van der Waals surface area contributed by atoms with Crippen molar-refractivity contribution in [3.8, 4) is 10.6 Å². The summed E-state index contributed by atoms with van der Waals surface area (Å²) in [6, 6.07) is 8.23. The molecule has 1 N–H and O–H groups in total. The summed E-state index contributed by atoms with van der Waals surface area (Å²) in [6.07, 6.45) is 4.99. The van der Waals surface area contributed by atoms with Crippen molar-refractivity contribution in [2.24, 2.45) is 0 Å². The third-order valence-electron chi connectivity index (χ3n) is 4.76. The lowest BCUT2D eigenvalue weighted by molar-refractivity contribution is -0.130. The van der Waals surface area contributed by atoms with E-state index >= 15 is 0 Å². The highest BCUT2D eigenvalue weighted by atomic mass is 32.1. The Morgan fingerprint density at radius 1 is 1.30 bits per heavy atom. The first-order chi connectivity index (χ1) is 13.1. The number of rotatable bonds is 7. The minimum Gasteiger partial charge on any atom is -0.356 e. The van der Waals surface area contributed by atoms with Crippen LogP contribution in [0.2, 0.25) is 0 Å². The predicted molar refractivity (Wildman–Crippen MR) is 109 cm³/mol. The van der Waals surface area contributed by atoms with Gasteiger partial charge >= 0.3 is 0 Å². The molecule has 1 saturated heterocycles. The summed E-state index contributed by atoms with van der Waals surface area (Å²) in [4.78, 5) is 30.6. The summed E-state index contributed by atoms with van der Waals surface area (Å²) in [5.74, 6) is 0.239. The van der Waals surface area contributed by atoms with Gasteiger partial charge in [0.1, 0.15) is 5.01 Å². The fourth-order valence-corrected chi connectivity index (χ4v) is 4.12. The Morgan fingerprint density at radius 3 is 3.04 bits per heavy atom. The Labute approximate surface area is 164 Å². The fraction of sp³-hybridized carbons (Fsp3) is 0.476. The Balaban J connectivity index is 1.41. The summed E-state index contributed by atoms with van der Waals surface area (Å²) < 4.78 is 0. The van der Waals surface area contributed by atoms with Gasteiger partial charge in [0.25, 0.3) is 0 Å². The molecule has 0 spiro atoms. The number of amides is 2. The number of hydrogen-bond acceptors (Lipinski definition) is 4. The van der Waals surface area contributed by atoms with Crippen molar-refractivity contribution in [2.75, 3.05) is 19.6 Å². The summed E-state index contributed by atoms with van der Waals surface area (Å²) in [5.41, 5.74) is 3.09. The zero-order valence-corrected chi connectivity index (χ0v) is 16.7. The van der Waals surface area contributed by atoms with Crippen molar-refractivity contribution >= 4 is 23.2 Å². The lowest BCUT2D eigenvalue weighted by atomic mass is 10.1. The molecular formula is C21H27N3O2S. The number of carbonyl (C=O) groups excluding carboxylic acids is 2. The quantitative estimate of drug-likeness (QED) is 0.741. The molecule has 0 radical (unpaired) electrons. The van der Waals surface area contributed by atoms with Crippen LogP contribution in [0, 0.1) is 6.92 Å². The van der Waals surface area contributed by atoms with Crippen molar-refractivity contribution < 1.29 is 9.59 Å². The minimum absolute atomic E-state index is 0.0155. The van der Waals surface area contributed by atoms with Crippen LogP contribution >= 0.6 is 11.3 Å². The van der Waals surface area contributed by atoms with Gasteiger partial charge in [-0.05, 0) is 32.3 Å². The summed E-state index contributed by atoms with van der Waals surface area (Å²) in [6.45, 7) is 4.24. The third-order valence-corrected chi connectivity index (χ3v) is 5.70. The molecule has 144 valence electrons. The standard InChI is InChI=1S/C21H27N3O2S/c1-16-7-5-8-17(13-16)21-23-18(15-27-21)14-19(25)22-10-6-12-24-11-4-2-3-9-20(24)26/h5,7-8,13,15H,2-4,6,9-12,14H2,1H3,(H,22,25). The molecule has 1 fully saturated rings. The molecule has 1 aliphatic rings. The van der Waals surface area contributed by atoms with Crippen molar-refractivity contribution in [3.05, 3.63) is 40.9 Å². The number of benzene rings is 1. The number of thiazole rings is 1. The first-order valence-corrected chi connectivity index (χ1v) is 10.6. The number of nitrogens with one attached hydrogen (secondary N) is 1. The molecule has 0 unspecified atom stereocenters. The van der Waals surface area contributed by atoms with Crippen LogP contribution in [-0.4, -0.2) is 41.3 Å². The molecule has 3 rings (SSSR count). The average Bonchev–Trinajstić information content (AvgIpc) is 3.01. The first kappa shape index (κ1) is 19.5. The molecular weight excluding hydrogens is 358 g/mol. The number of carbonyl (C=O) groups is 2. The van der Waals surface area contributed by atoms with E-state index in [1.165, 1.54) is 5.56 Å². The average molecular weight is 386 g/mol. The van der Waals surface area contributed by atoms with Crippen molar-refractivity contribution in [1.82, 2.24) is 15.2 Å². The van der Waals surface area contributed by atoms with E-state index in [1.54, 1.807) is 11.3 Å². The minimum atomic E-state index is -0.0155. The van der Waals surface area contributed by atoms with E-state index in [-0.39, 0.29) is 11.8 Å². The maximum atomic E-state index is 12.2. The van der Waals surface area contributed by atoms with E-state index in [1.807, 2.05) is 22.4 Å². The highest BCUT2D eigenvalue weighted by molar-refractivity contribution is 7.13. The Kier molecular flexibility index (Phi) is 6.98. The van der Waals surface area contributed by atoms with Gasteiger partial charge in [0.2, 0.25) is 11.8 Å². The van der Waals surface area contributed by atoms with Gasteiger partial charge in [-0.15, -0.1) is 11.3 Å². The normalized spacial score (nSPS) is 14.9. The highest BCUT2D eigenvalue weighted by Gasteiger charge is 2.16. The molecule has 6 heteroatoms. The smallest absolute Gasteiger partial charge is 0.226 e. The zero-order chi connectivity index (χ0) is 19.1. The summed E-state index contributed by atoms with van der Waals surface area (Å²) in [5, 5.41) is 5.84. The Morgan fingerprint density at radius 2 is 2.19 bits per heavy atom. The van der Waals surface area contributed by atoms with Crippen LogP contribution in [0.25, 0.3) is 10.6 Å². The SMILES string of the molecule is Cc1cccc(-c2nc(CC(=O)NCCCN3CCCCCC3=O)cs2)c1. The van der Waals surface area contributed by atoms with Gasteiger partial charge in [0.05, 0.1) is 12.1 Å². The van der Waals surface area contributed by atoms with Crippen LogP contribution < -0.4 is 5.32 Å². The number of likely N-dealkylation sites (tertiary alicyclic amines) is 1. The van der Waals surface area contributed by atoms with Gasteiger partial charge in [-0.25, -0.2) is 4.98 Å². The molecule has 2 aromatic rings. The van der Waals surface area contributed by atoms with Crippen molar-refractivity contribution in [3.63, 3.8) is 0 Å². The lowest BCUT2D eigenvalue weighted by Crippen LogP contribution is -2.34. The Hall–Kier alpha value is -2.21. The second-order valence-corrected chi connectivity index (χ2v) is 7.94. The number of aromatic nitrogens is 1. The predicted octanol–water partition coefficient (Wildman–Crippen LogP) is 3.57. The molecule has 5 nitrogen and oxygen atoms in total. The van der Waals surface area contributed by atoms with Crippen LogP contribution in [0.3, 0.4) is 0 Å². The second kappa shape index (κ2) is 9.65. The number of nitrogens with zero attached hydrogens (tertiary/aromatic N) is 2. The van der Waals surface area contributed by atoms with Crippen molar-refractivity contribution in [1.29, 1.82) is 0 Å². The maximum Gasteiger partial charge on any atom is 0.226 e. The van der Waals surface area contributed by atoms with Gasteiger partial charge in [0.15, 0.2) is 0 Å². The fourth-order valence-electron chi connectivity index (χ4n) is 3.30. The van der Waals surface area contributed by atoms with E-state index in [2.05, 4.69) is 29.4 Å². The van der Waals surface area contributed by atoms with Crippen LogP contribution in [0.15, 0.2) is 29.6 Å².